The van der Waals surface area contributed by atoms with E-state index in [0.29, 0.717) is 16.9 Å². The molecule has 0 unspecified atom stereocenters. The number of carbonyl (C=O) groups excluding carboxylic acids is 1. The number of aryl methyl sites for hydroxylation is 1. The zero-order valence-corrected chi connectivity index (χ0v) is 18.1. The molecule has 0 radical (unpaired) electrons. The molecule has 8 nitrogen and oxygen atoms in total. The molecule has 5 N–H and O–H groups in total. The molecule has 1 fully saturated rings. The van der Waals surface area contributed by atoms with E-state index < -0.39 is 11.7 Å². The van der Waals surface area contributed by atoms with E-state index in [4.69, 9.17) is 11.5 Å². The Balaban J connectivity index is 1.56. The molecule has 0 spiro atoms. The number of amides is 1. The monoisotopic (exact) mass is 425 g/mol. The molecule has 1 amide bonds. The minimum Gasteiger partial charge on any atom is -0.404 e. The van der Waals surface area contributed by atoms with Gasteiger partial charge in [-0.3, -0.25) is 9.69 Å². The lowest BCUT2D eigenvalue weighted by Crippen LogP contribution is -2.39. The van der Waals surface area contributed by atoms with Crippen LogP contribution >= 0.6 is 0 Å². The second-order valence-corrected chi connectivity index (χ2v) is 8.57. The number of benzene rings is 1. The smallest absolute Gasteiger partial charge is 0.251 e. The number of piperidine rings is 1. The fourth-order valence-corrected chi connectivity index (χ4v) is 4.36. The topological polar surface area (TPSA) is 119 Å². The molecule has 0 atom stereocenters. The minimum absolute atomic E-state index is 0.0558. The highest BCUT2D eigenvalue weighted by atomic mass is 19.1. The van der Waals surface area contributed by atoms with Crippen molar-refractivity contribution >= 4 is 22.5 Å². The average molecular weight is 426 g/mol. The van der Waals surface area contributed by atoms with Crippen LogP contribution in [0.2, 0.25) is 0 Å². The van der Waals surface area contributed by atoms with Crippen molar-refractivity contribution in [1.29, 1.82) is 0 Å². The highest BCUT2D eigenvalue weighted by Gasteiger charge is 2.36. The van der Waals surface area contributed by atoms with Gasteiger partial charge in [-0.25, -0.2) is 14.4 Å². The molecule has 164 valence electrons. The predicted molar refractivity (Wildman–Crippen MR) is 117 cm³/mol. The Labute approximate surface area is 180 Å². The molecule has 1 aliphatic heterocycles. The Morgan fingerprint density at radius 3 is 2.65 bits per heavy atom. The van der Waals surface area contributed by atoms with E-state index >= 15 is 0 Å². The van der Waals surface area contributed by atoms with Crippen molar-refractivity contribution in [2.24, 2.45) is 23.9 Å². The normalized spacial score (nSPS) is 17.4. The van der Waals surface area contributed by atoms with Crippen LogP contribution in [0.3, 0.4) is 0 Å². The van der Waals surface area contributed by atoms with Crippen LogP contribution in [0.4, 0.5) is 4.39 Å². The number of fused-ring (bicyclic) bond motifs is 1. The van der Waals surface area contributed by atoms with Crippen molar-refractivity contribution in [3.05, 3.63) is 53.3 Å². The van der Waals surface area contributed by atoms with Gasteiger partial charge in [0.25, 0.3) is 5.91 Å². The third kappa shape index (κ3) is 3.81. The predicted octanol–water partition coefficient (Wildman–Crippen LogP) is 2.44. The maximum absolute atomic E-state index is 13.9. The van der Waals surface area contributed by atoms with E-state index in [1.54, 1.807) is 6.20 Å². The van der Waals surface area contributed by atoms with Crippen LogP contribution in [0.1, 0.15) is 47.5 Å². The highest BCUT2D eigenvalue weighted by Crippen LogP contribution is 2.43. The molecule has 4 rings (SSSR count). The fraction of sp³-hybridized carbons (Fsp3) is 0.409. The first-order chi connectivity index (χ1) is 14.7. The van der Waals surface area contributed by atoms with Crippen LogP contribution in [-0.2, 0) is 13.6 Å². The van der Waals surface area contributed by atoms with Gasteiger partial charge in [-0.05, 0) is 50.4 Å². The number of hydrogen-bond donors (Lipinski definition) is 3. The number of H-pyrrole nitrogens is 1. The summed E-state index contributed by atoms with van der Waals surface area (Å²) in [6.45, 7) is 6.82. The first-order valence-electron chi connectivity index (χ1n) is 10.3. The van der Waals surface area contributed by atoms with Gasteiger partial charge < -0.3 is 21.0 Å². The summed E-state index contributed by atoms with van der Waals surface area (Å²) < 4.78 is 16.0. The Morgan fingerprint density at radius 1 is 1.35 bits per heavy atom. The Kier molecular flexibility index (Phi) is 5.30. The van der Waals surface area contributed by atoms with Crippen molar-refractivity contribution in [2.45, 2.75) is 33.2 Å². The van der Waals surface area contributed by atoms with Crippen LogP contribution in [0.5, 0.6) is 0 Å². The number of likely N-dealkylation sites (tertiary alicyclic amines) is 1. The summed E-state index contributed by atoms with van der Waals surface area (Å²) in [6, 6.07) is 2.43. The number of aromatic amines is 1. The van der Waals surface area contributed by atoms with Crippen molar-refractivity contribution in [3.63, 3.8) is 0 Å². The van der Waals surface area contributed by atoms with Crippen LogP contribution in [-0.4, -0.2) is 43.4 Å². The largest absolute Gasteiger partial charge is 0.404 e. The number of halogens is 1. The van der Waals surface area contributed by atoms with E-state index in [0.717, 1.165) is 49.9 Å². The molecule has 1 aliphatic rings. The standard InChI is InChI=1S/C22H28FN7O/c1-13-26-11-15(29(13)3)12-30-6-4-22(2,5-7-30)17(10-24)21-27-18-9-14(23)8-16(20(25)31)19(18)28-21/h8-11H,4-7,12,24H2,1-3H3,(H2,25,31)(H,27,28). The summed E-state index contributed by atoms with van der Waals surface area (Å²) in [6.07, 6.45) is 5.28. The molecule has 1 saturated heterocycles. The Hall–Kier alpha value is -3.20. The van der Waals surface area contributed by atoms with Gasteiger partial charge in [0.15, 0.2) is 0 Å². The van der Waals surface area contributed by atoms with Crippen molar-refractivity contribution in [2.75, 3.05) is 13.1 Å². The molecule has 0 bridgehead atoms. The number of nitrogens with one attached hydrogen (secondary N) is 1. The third-order valence-corrected chi connectivity index (χ3v) is 6.55. The lowest BCUT2D eigenvalue weighted by Gasteiger charge is -2.40. The fourth-order valence-electron chi connectivity index (χ4n) is 4.36. The first kappa shape index (κ1) is 21.0. The van der Waals surface area contributed by atoms with E-state index in [1.807, 2.05) is 20.2 Å². The molecule has 3 heterocycles. The maximum Gasteiger partial charge on any atom is 0.251 e. The van der Waals surface area contributed by atoms with Crippen molar-refractivity contribution in [1.82, 2.24) is 24.4 Å². The number of nitrogens with zero attached hydrogens (tertiary/aromatic N) is 4. The summed E-state index contributed by atoms with van der Waals surface area (Å²) in [5, 5.41) is 0. The summed E-state index contributed by atoms with van der Waals surface area (Å²) in [5.41, 5.74) is 14.1. The summed E-state index contributed by atoms with van der Waals surface area (Å²) in [5.74, 6) is 0.288. The number of hydrogen-bond acceptors (Lipinski definition) is 5. The Morgan fingerprint density at radius 2 is 2.06 bits per heavy atom. The van der Waals surface area contributed by atoms with E-state index in [2.05, 4.69) is 31.3 Å². The second kappa shape index (κ2) is 7.81. The van der Waals surface area contributed by atoms with Gasteiger partial charge in [-0.15, -0.1) is 0 Å². The molecule has 1 aromatic carbocycles. The van der Waals surface area contributed by atoms with Crippen molar-refractivity contribution < 1.29 is 9.18 Å². The number of carbonyl (C=O) groups is 1. The van der Waals surface area contributed by atoms with Gasteiger partial charge in [0.05, 0.1) is 16.8 Å². The van der Waals surface area contributed by atoms with E-state index in [9.17, 15) is 9.18 Å². The minimum atomic E-state index is -0.717. The molecule has 3 aromatic rings. The third-order valence-electron chi connectivity index (χ3n) is 6.55. The molecule has 2 aromatic heterocycles. The lowest BCUT2D eigenvalue weighted by molar-refractivity contribution is 0.100. The number of aromatic nitrogens is 4. The van der Waals surface area contributed by atoms with E-state index in [1.165, 1.54) is 11.8 Å². The second-order valence-electron chi connectivity index (χ2n) is 8.57. The number of nitrogens with two attached hydrogens (primary N) is 2. The quantitative estimate of drug-likeness (QED) is 0.580. The number of primary amides is 1. The van der Waals surface area contributed by atoms with Gasteiger partial charge in [0.1, 0.15) is 23.0 Å². The van der Waals surface area contributed by atoms with Gasteiger partial charge in [0.2, 0.25) is 0 Å². The lowest BCUT2D eigenvalue weighted by atomic mass is 9.74. The van der Waals surface area contributed by atoms with Crippen LogP contribution in [0, 0.1) is 18.2 Å². The SMILES string of the molecule is Cc1ncc(CN2CCC(C)(C(=CN)c3nc4c(C(N)=O)cc(F)cc4[nH]3)CC2)n1C. The molecular weight excluding hydrogens is 397 g/mol. The van der Waals surface area contributed by atoms with Crippen LogP contribution in [0.15, 0.2) is 24.5 Å². The number of allylic oxidation sites excluding steroid dienone is 1. The summed E-state index contributed by atoms with van der Waals surface area (Å²) in [4.78, 5) is 26.2. The van der Waals surface area contributed by atoms with Gasteiger partial charge in [-0.1, -0.05) is 6.92 Å². The summed E-state index contributed by atoms with van der Waals surface area (Å²) >= 11 is 0. The molecule has 0 saturated carbocycles. The average Bonchev–Trinajstić information content (AvgIpc) is 3.27. The van der Waals surface area contributed by atoms with Crippen LogP contribution in [0.25, 0.3) is 16.6 Å². The number of rotatable bonds is 5. The van der Waals surface area contributed by atoms with Gasteiger partial charge >= 0.3 is 0 Å². The first-order valence-corrected chi connectivity index (χ1v) is 10.3. The van der Waals surface area contributed by atoms with Gasteiger partial charge in [0, 0.05) is 31.6 Å². The molecule has 9 heteroatoms. The van der Waals surface area contributed by atoms with E-state index in [-0.39, 0.29) is 11.0 Å². The van der Waals surface area contributed by atoms with Crippen molar-refractivity contribution in [3.8, 4) is 0 Å². The zero-order valence-electron chi connectivity index (χ0n) is 18.1. The van der Waals surface area contributed by atoms with Gasteiger partial charge in [-0.2, -0.15) is 0 Å². The highest BCUT2D eigenvalue weighted by molar-refractivity contribution is 6.04. The molecule has 0 aliphatic carbocycles. The molecule has 31 heavy (non-hydrogen) atoms. The Bertz CT molecular complexity index is 1170. The number of imidazole rings is 2. The summed E-state index contributed by atoms with van der Waals surface area (Å²) in [7, 11) is 2.03. The maximum atomic E-state index is 13.9. The van der Waals surface area contributed by atoms with Crippen LogP contribution < -0.4 is 11.5 Å². The molecular formula is C22H28FN7O. The zero-order chi connectivity index (χ0) is 22.3.